The van der Waals surface area contributed by atoms with Crippen molar-refractivity contribution < 1.29 is 0 Å². The van der Waals surface area contributed by atoms with Crippen LogP contribution in [-0.4, -0.2) is 23.1 Å². The molecule has 0 atom stereocenters. The van der Waals surface area contributed by atoms with E-state index in [2.05, 4.69) is 10.3 Å². The largest absolute Gasteiger partial charge is 0.319 e. The third-order valence-corrected chi connectivity index (χ3v) is 3.21. The second-order valence-corrected chi connectivity index (χ2v) is 4.31. The molecular weight excluding hydrogens is 234 g/mol. The maximum atomic E-state index is 6.27. The first-order chi connectivity index (χ1) is 8.24. The number of nitrogens with one attached hydrogen (secondary N) is 1. The zero-order chi connectivity index (χ0) is 12.3. The molecule has 0 radical (unpaired) electrons. The van der Waals surface area contributed by atoms with E-state index in [0.717, 1.165) is 35.2 Å². The molecule has 0 aliphatic carbocycles. The normalized spacial score (nSPS) is 10.8. The Labute approximate surface area is 106 Å². The molecule has 4 heteroatoms. The van der Waals surface area contributed by atoms with Gasteiger partial charge in [0.15, 0.2) is 0 Å². The Bertz CT molecular complexity index is 491. The highest BCUT2D eigenvalue weighted by atomic mass is 35.5. The molecule has 3 nitrogen and oxygen atoms in total. The molecule has 90 valence electrons. The van der Waals surface area contributed by atoms with Gasteiger partial charge in [0.2, 0.25) is 0 Å². The Kier molecular flexibility index (Phi) is 3.82. The molecule has 0 aliphatic heterocycles. The molecule has 1 aromatic carbocycles. The van der Waals surface area contributed by atoms with Gasteiger partial charge in [-0.1, -0.05) is 41.9 Å². The average Bonchev–Trinajstić information content (AvgIpc) is 2.65. The summed E-state index contributed by atoms with van der Waals surface area (Å²) in [5, 5.41) is 3.83. The van der Waals surface area contributed by atoms with Crippen molar-refractivity contribution in [2.45, 2.75) is 6.42 Å². The van der Waals surface area contributed by atoms with E-state index in [1.807, 2.05) is 49.0 Å². The fourth-order valence-corrected chi connectivity index (χ4v) is 2.00. The van der Waals surface area contributed by atoms with E-state index in [9.17, 15) is 0 Å². The Hall–Kier alpha value is -1.32. The van der Waals surface area contributed by atoms with Gasteiger partial charge in [-0.15, -0.1) is 0 Å². The van der Waals surface area contributed by atoms with Crippen molar-refractivity contribution >= 4 is 11.6 Å². The SMILES string of the molecule is CNCCc1nc(-c2ccccc2)n(C)c1Cl. The van der Waals surface area contributed by atoms with Gasteiger partial charge in [0.25, 0.3) is 0 Å². The summed E-state index contributed by atoms with van der Waals surface area (Å²) in [7, 11) is 3.87. The molecule has 2 aromatic rings. The highest BCUT2D eigenvalue weighted by Crippen LogP contribution is 2.24. The van der Waals surface area contributed by atoms with E-state index in [1.54, 1.807) is 0 Å². The van der Waals surface area contributed by atoms with Crippen molar-refractivity contribution in [1.29, 1.82) is 0 Å². The van der Waals surface area contributed by atoms with Gasteiger partial charge in [-0.25, -0.2) is 4.98 Å². The molecule has 1 heterocycles. The molecule has 17 heavy (non-hydrogen) atoms. The Morgan fingerprint density at radius 2 is 2.00 bits per heavy atom. The average molecular weight is 250 g/mol. The second-order valence-electron chi connectivity index (χ2n) is 3.95. The van der Waals surface area contributed by atoms with Crippen LogP contribution < -0.4 is 5.32 Å². The van der Waals surface area contributed by atoms with Crippen LogP contribution in [0.3, 0.4) is 0 Å². The lowest BCUT2D eigenvalue weighted by Gasteiger charge is -2.01. The quantitative estimate of drug-likeness (QED) is 0.902. The third-order valence-electron chi connectivity index (χ3n) is 2.73. The minimum Gasteiger partial charge on any atom is -0.319 e. The number of hydrogen-bond donors (Lipinski definition) is 1. The van der Waals surface area contributed by atoms with Crippen LogP contribution in [-0.2, 0) is 13.5 Å². The van der Waals surface area contributed by atoms with Crippen LogP contribution in [0.2, 0.25) is 5.15 Å². The number of hydrogen-bond acceptors (Lipinski definition) is 2. The molecule has 0 unspecified atom stereocenters. The zero-order valence-electron chi connectivity index (χ0n) is 10.1. The summed E-state index contributed by atoms with van der Waals surface area (Å²) in [5.41, 5.74) is 2.04. The predicted molar refractivity (Wildman–Crippen MR) is 71.3 cm³/mol. The van der Waals surface area contributed by atoms with Crippen molar-refractivity contribution in [3.8, 4) is 11.4 Å². The lowest BCUT2D eigenvalue weighted by Crippen LogP contribution is -2.10. The molecular formula is C13H16ClN3. The highest BCUT2D eigenvalue weighted by Gasteiger charge is 2.13. The molecule has 0 aliphatic rings. The molecule has 0 bridgehead atoms. The minimum atomic E-state index is 0.721. The number of aromatic nitrogens is 2. The molecule has 1 N–H and O–H groups in total. The predicted octanol–water partition coefficient (Wildman–Crippen LogP) is 2.50. The van der Waals surface area contributed by atoms with E-state index < -0.39 is 0 Å². The second kappa shape index (κ2) is 5.34. The van der Waals surface area contributed by atoms with E-state index in [1.165, 1.54) is 0 Å². The molecule has 0 amide bonds. The maximum absolute atomic E-state index is 6.27. The minimum absolute atomic E-state index is 0.721. The Balaban J connectivity index is 2.36. The molecule has 0 fully saturated rings. The first-order valence-corrected chi connectivity index (χ1v) is 6.03. The number of likely N-dealkylation sites (N-methyl/N-ethyl adjacent to an activating group) is 1. The Morgan fingerprint density at radius 1 is 1.29 bits per heavy atom. The summed E-state index contributed by atoms with van der Waals surface area (Å²) in [5.74, 6) is 0.918. The summed E-state index contributed by atoms with van der Waals surface area (Å²) >= 11 is 6.27. The summed E-state index contributed by atoms with van der Waals surface area (Å²) in [6, 6.07) is 10.1. The van der Waals surface area contributed by atoms with Gasteiger partial charge >= 0.3 is 0 Å². The highest BCUT2D eigenvalue weighted by molar-refractivity contribution is 6.30. The Morgan fingerprint density at radius 3 is 2.65 bits per heavy atom. The number of benzene rings is 1. The van der Waals surface area contributed by atoms with Crippen molar-refractivity contribution in [1.82, 2.24) is 14.9 Å². The van der Waals surface area contributed by atoms with Crippen LogP contribution in [0.1, 0.15) is 5.69 Å². The third kappa shape index (κ3) is 2.51. The van der Waals surface area contributed by atoms with E-state index in [0.29, 0.717) is 0 Å². The van der Waals surface area contributed by atoms with Crippen LogP contribution in [0.25, 0.3) is 11.4 Å². The van der Waals surface area contributed by atoms with Crippen LogP contribution in [0.5, 0.6) is 0 Å². The van der Waals surface area contributed by atoms with Crippen molar-refractivity contribution in [2.24, 2.45) is 7.05 Å². The van der Waals surface area contributed by atoms with Gasteiger partial charge in [0.1, 0.15) is 11.0 Å². The van der Waals surface area contributed by atoms with Gasteiger partial charge in [0.05, 0.1) is 5.69 Å². The van der Waals surface area contributed by atoms with Gasteiger partial charge < -0.3 is 9.88 Å². The monoisotopic (exact) mass is 249 g/mol. The number of halogens is 1. The first kappa shape index (κ1) is 12.1. The van der Waals surface area contributed by atoms with E-state index in [-0.39, 0.29) is 0 Å². The molecule has 0 spiro atoms. The van der Waals surface area contributed by atoms with Gasteiger partial charge in [-0.3, -0.25) is 0 Å². The van der Waals surface area contributed by atoms with Crippen molar-refractivity contribution in [3.05, 3.63) is 41.2 Å². The fourth-order valence-electron chi connectivity index (χ4n) is 1.78. The summed E-state index contributed by atoms with van der Waals surface area (Å²) in [6.45, 7) is 0.880. The number of rotatable bonds is 4. The first-order valence-electron chi connectivity index (χ1n) is 5.65. The maximum Gasteiger partial charge on any atom is 0.141 e. The summed E-state index contributed by atoms with van der Waals surface area (Å²) in [6.07, 6.45) is 0.843. The molecule has 2 rings (SSSR count). The summed E-state index contributed by atoms with van der Waals surface area (Å²) in [4.78, 5) is 4.61. The lowest BCUT2D eigenvalue weighted by molar-refractivity contribution is 0.779. The van der Waals surface area contributed by atoms with Gasteiger partial charge in [0, 0.05) is 25.6 Å². The van der Waals surface area contributed by atoms with Crippen LogP contribution in [0, 0.1) is 0 Å². The van der Waals surface area contributed by atoms with Gasteiger partial charge in [-0.2, -0.15) is 0 Å². The lowest BCUT2D eigenvalue weighted by atomic mass is 10.2. The van der Waals surface area contributed by atoms with Crippen LogP contribution in [0.4, 0.5) is 0 Å². The van der Waals surface area contributed by atoms with E-state index >= 15 is 0 Å². The topological polar surface area (TPSA) is 29.9 Å². The fraction of sp³-hybridized carbons (Fsp3) is 0.308. The molecule has 1 aromatic heterocycles. The van der Waals surface area contributed by atoms with Gasteiger partial charge in [-0.05, 0) is 7.05 Å². The standard InChI is InChI=1S/C13H16ClN3/c1-15-9-8-11-12(14)17(2)13(16-11)10-6-4-3-5-7-10/h3-7,15H,8-9H2,1-2H3. The van der Waals surface area contributed by atoms with Crippen LogP contribution >= 0.6 is 11.6 Å². The van der Waals surface area contributed by atoms with Crippen molar-refractivity contribution in [3.63, 3.8) is 0 Å². The smallest absolute Gasteiger partial charge is 0.141 e. The molecule has 0 saturated heterocycles. The van der Waals surface area contributed by atoms with Crippen molar-refractivity contribution in [2.75, 3.05) is 13.6 Å². The summed E-state index contributed by atoms with van der Waals surface area (Å²) < 4.78 is 1.93. The zero-order valence-corrected chi connectivity index (χ0v) is 10.8. The van der Waals surface area contributed by atoms with Crippen LogP contribution in [0.15, 0.2) is 30.3 Å². The number of nitrogens with zero attached hydrogens (tertiary/aromatic N) is 2. The number of imidazole rings is 1. The van der Waals surface area contributed by atoms with E-state index in [4.69, 9.17) is 11.6 Å². The molecule has 0 saturated carbocycles.